The number of amides is 1. The minimum absolute atomic E-state index is 0.0872. The second-order valence-corrected chi connectivity index (χ2v) is 9.22. The molecule has 1 aromatic heterocycles. The average molecular weight is 429 g/mol. The summed E-state index contributed by atoms with van der Waals surface area (Å²) in [6.07, 6.45) is -0.383. The average Bonchev–Trinajstić information content (AvgIpc) is 3.11. The zero-order chi connectivity index (χ0) is 21.2. The zero-order valence-electron chi connectivity index (χ0n) is 15.8. The van der Waals surface area contributed by atoms with Crippen LogP contribution in [0.15, 0.2) is 30.3 Å². The third-order valence-corrected chi connectivity index (χ3v) is 5.78. The van der Waals surface area contributed by atoms with Crippen molar-refractivity contribution in [3.05, 3.63) is 41.6 Å². The lowest BCUT2D eigenvalue weighted by Gasteiger charge is -2.29. The molecule has 2 N–H and O–H groups in total. The summed E-state index contributed by atoms with van der Waals surface area (Å²) in [4.78, 5) is 11.8. The van der Waals surface area contributed by atoms with Crippen LogP contribution in [0.4, 0.5) is 13.2 Å². The summed E-state index contributed by atoms with van der Waals surface area (Å²) in [5.74, 6) is -0.268. The molecule has 0 radical (unpaired) electrons. The second-order valence-electron chi connectivity index (χ2n) is 7.47. The molecule has 3 rings (SSSR count). The van der Waals surface area contributed by atoms with Crippen LogP contribution in [-0.4, -0.2) is 30.8 Å². The fourth-order valence-electron chi connectivity index (χ4n) is 3.89. The third-order valence-electron chi connectivity index (χ3n) is 5.18. The molecule has 158 valence electrons. The van der Waals surface area contributed by atoms with Gasteiger partial charge in [-0.2, -0.15) is 18.3 Å². The van der Waals surface area contributed by atoms with E-state index in [2.05, 4.69) is 10.2 Å². The molecule has 1 amide bonds. The van der Waals surface area contributed by atoms with E-state index in [0.29, 0.717) is 11.3 Å². The Morgan fingerprint density at radius 3 is 2.45 bits per heavy atom. The van der Waals surface area contributed by atoms with Crippen molar-refractivity contribution in [3.8, 4) is 11.3 Å². The molecule has 6 nitrogen and oxygen atoms in total. The van der Waals surface area contributed by atoms with Gasteiger partial charge in [0, 0.05) is 12.0 Å². The lowest BCUT2D eigenvalue weighted by atomic mass is 9.76. The molecule has 0 saturated heterocycles. The van der Waals surface area contributed by atoms with Gasteiger partial charge in [0.25, 0.3) is 0 Å². The molecule has 0 aliphatic heterocycles. The minimum Gasteiger partial charge on any atom is -0.277 e. The smallest absolute Gasteiger partial charge is 0.277 e. The van der Waals surface area contributed by atoms with Crippen molar-refractivity contribution in [2.45, 2.75) is 44.2 Å². The Morgan fingerprint density at radius 2 is 1.86 bits per heavy atom. The van der Waals surface area contributed by atoms with Gasteiger partial charge in [-0.3, -0.25) is 14.6 Å². The van der Waals surface area contributed by atoms with Crippen molar-refractivity contribution < 1.29 is 26.4 Å². The van der Waals surface area contributed by atoms with E-state index < -0.39 is 27.8 Å². The zero-order valence-corrected chi connectivity index (χ0v) is 16.6. The Hall–Kier alpha value is -2.36. The number of halogens is 3. The van der Waals surface area contributed by atoms with E-state index >= 15 is 0 Å². The predicted molar refractivity (Wildman–Crippen MR) is 101 cm³/mol. The quantitative estimate of drug-likeness (QED) is 0.756. The monoisotopic (exact) mass is 429 g/mol. The number of aromatic amines is 1. The van der Waals surface area contributed by atoms with Gasteiger partial charge >= 0.3 is 6.18 Å². The molecule has 1 aliphatic carbocycles. The molecule has 29 heavy (non-hydrogen) atoms. The molecule has 1 fully saturated rings. The summed E-state index contributed by atoms with van der Waals surface area (Å²) < 4.78 is 62.9. The second kappa shape index (κ2) is 8.17. The first-order chi connectivity index (χ1) is 13.5. The third kappa shape index (κ3) is 5.59. The van der Waals surface area contributed by atoms with Crippen LogP contribution in [0.25, 0.3) is 11.3 Å². The number of aromatic nitrogens is 2. The van der Waals surface area contributed by atoms with Crippen molar-refractivity contribution in [3.63, 3.8) is 0 Å². The summed E-state index contributed by atoms with van der Waals surface area (Å²) in [6.45, 7) is 0. The summed E-state index contributed by atoms with van der Waals surface area (Å²) >= 11 is 0. The van der Waals surface area contributed by atoms with Crippen LogP contribution in [-0.2, 0) is 21.0 Å². The van der Waals surface area contributed by atoms with Crippen molar-refractivity contribution in [2.75, 3.05) is 6.26 Å². The molecular weight excluding hydrogens is 407 g/mol. The van der Waals surface area contributed by atoms with Gasteiger partial charge in [0.05, 0.1) is 11.9 Å². The Bertz CT molecular complexity index is 978. The van der Waals surface area contributed by atoms with Crippen molar-refractivity contribution >= 4 is 15.9 Å². The van der Waals surface area contributed by atoms with Crippen molar-refractivity contribution in [1.82, 2.24) is 14.9 Å². The fourth-order valence-corrected chi connectivity index (χ4v) is 4.39. The molecule has 0 bridgehead atoms. The van der Waals surface area contributed by atoms with Gasteiger partial charge in [-0.1, -0.05) is 24.3 Å². The number of benzene rings is 1. The van der Waals surface area contributed by atoms with E-state index in [0.717, 1.165) is 43.6 Å². The molecule has 0 atom stereocenters. The van der Waals surface area contributed by atoms with Crippen molar-refractivity contribution in [2.24, 2.45) is 5.92 Å². The van der Waals surface area contributed by atoms with Crippen LogP contribution in [0.2, 0.25) is 0 Å². The maximum Gasteiger partial charge on any atom is 0.435 e. The van der Waals surface area contributed by atoms with E-state index in [-0.39, 0.29) is 18.3 Å². The molecule has 1 aliphatic rings. The number of alkyl halides is 3. The number of rotatable bonds is 5. The van der Waals surface area contributed by atoms with Crippen LogP contribution < -0.4 is 4.72 Å². The van der Waals surface area contributed by atoms with Crippen LogP contribution in [0.1, 0.15) is 49.3 Å². The highest BCUT2D eigenvalue weighted by Gasteiger charge is 2.34. The van der Waals surface area contributed by atoms with E-state index in [4.69, 9.17) is 0 Å². The van der Waals surface area contributed by atoms with Gasteiger partial charge in [0.1, 0.15) is 0 Å². The Labute approximate surface area is 166 Å². The number of carbonyl (C=O) groups excluding carboxylic acids is 1. The summed E-state index contributed by atoms with van der Waals surface area (Å²) in [6, 6.07) is 8.32. The number of carbonyl (C=O) groups is 1. The number of H-pyrrole nitrogens is 1. The Morgan fingerprint density at radius 1 is 1.21 bits per heavy atom. The first-order valence-electron chi connectivity index (χ1n) is 9.25. The lowest BCUT2D eigenvalue weighted by molar-refractivity contribution is -0.141. The van der Waals surface area contributed by atoms with E-state index in [1.54, 1.807) is 12.1 Å². The molecule has 1 aromatic carbocycles. The number of hydrogen-bond acceptors (Lipinski definition) is 4. The maximum atomic E-state index is 12.9. The van der Waals surface area contributed by atoms with E-state index in [9.17, 15) is 26.4 Å². The van der Waals surface area contributed by atoms with Crippen LogP contribution >= 0.6 is 0 Å². The molecule has 2 aromatic rings. The van der Waals surface area contributed by atoms with Gasteiger partial charge in [0.2, 0.25) is 15.9 Å². The fraction of sp³-hybridized carbons (Fsp3) is 0.474. The molecule has 10 heteroatoms. The number of hydrogen-bond donors (Lipinski definition) is 2. The highest BCUT2D eigenvalue weighted by atomic mass is 32.2. The first-order valence-corrected chi connectivity index (χ1v) is 11.1. The molecule has 1 saturated carbocycles. The number of nitrogens with zero attached hydrogens (tertiary/aromatic N) is 1. The summed E-state index contributed by atoms with van der Waals surface area (Å²) in [7, 11) is -3.56. The van der Waals surface area contributed by atoms with E-state index in [1.165, 1.54) is 0 Å². The van der Waals surface area contributed by atoms with Crippen LogP contribution in [0.5, 0.6) is 0 Å². The largest absolute Gasteiger partial charge is 0.435 e. The predicted octanol–water partition coefficient (Wildman–Crippen LogP) is 3.84. The highest BCUT2D eigenvalue weighted by molar-refractivity contribution is 7.89. The summed E-state index contributed by atoms with van der Waals surface area (Å²) in [5.41, 5.74) is 1.00. The van der Waals surface area contributed by atoms with E-state index in [1.807, 2.05) is 16.9 Å². The first kappa shape index (κ1) is 21.4. The maximum absolute atomic E-state index is 12.9. The highest BCUT2D eigenvalue weighted by Crippen LogP contribution is 2.41. The van der Waals surface area contributed by atoms with Crippen LogP contribution in [0.3, 0.4) is 0 Å². The molecule has 0 unspecified atom stereocenters. The van der Waals surface area contributed by atoms with Gasteiger partial charge in [-0.25, -0.2) is 8.42 Å². The normalized spacial score (nSPS) is 20.4. The standard InChI is InChI=1S/C19H22F3N3O3S/c1-29(27,28)25-18(26)10-12-6-8-13(9-7-12)14-4-2-3-5-15(14)16-11-17(24-23-16)19(20,21)22/h2-5,11-13H,6-10H2,1H3,(H,23,24)(H,25,26). The van der Waals surface area contributed by atoms with Gasteiger partial charge in [-0.05, 0) is 49.1 Å². The Balaban J connectivity index is 1.69. The van der Waals surface area contributed by atoms with Gasteiger partial charge in [0.15, 0.2) is 5.69 Å². The SMILES string of the molecule is CS(=O)(=O)NC(=O)CC1CCC(c2ccccc2-c2cc(C(F)(F)F)n[nH]2)CC1. The van der Waals surface area contributed by atoms with Crippen molar-refractivity contribution in [1.29, 1.82) is 0 Å². The minimum atomic E-state index is -4.51. The molecule has 1 heterocycles. The van der Waals surface area contributed by atoms with Gasteiger partial charge in [-0.15, -0.1) is 0 Å². The lowest BCUT2D eigenvalue weighted by Crippen LogP contribution is -2.31. The Kier molecular flexibility index (Phi) is 6.02. The molecular formula is C19H22F3N3O3S. The number of sulfonamides is 1. The van der Waals surface area contributed by atoms with Crippen LogP contribution in [0, 0.1) is 5.92 Å². The van der Waals surface area contributed by atoms with Gasteiger partial charge < -0.3 is 0 Å². The molecule has 0 spiro atoms. The topological polar surface area (TPSA) is 91.9 Å². The summed E-state index contributed by atoms with van der Waals surface area (Å²) in [5, 5.41) is 5.87. The number of nitrogens with one attached hydrogen (secondary N) is 2.